The molecule has 2 unspecified atom stereocenters. The smallest absolute Gasteiger partial charge is 0.346 e. The number of carbonyl (C=O) groups is 1. The number of halogens is 4. The van der Waals surface area contributed by atoms with Crippen molar-refractivity contribution in [1.82, 2.24) is 10.3 Å². The van der Waals surface area contributed by atoms with Crippen molar-refractivity contribution < 1.29 is 30.8 Å². The second-order valence-electron chi connectivity index (χ2n) is 8.12. The lowest BCUT2D eigenvalue weighted by Crippen LogP contribution is -2.24. The van der Waals surface area contributed by atoms with Crippen molar-refractivity contribution in [3.8, 4) is 0 Å². The number of nitrogens with one attached hydrogen (secondary N) is 2. The zero-order valence-electron chi connectivity index (χ0n) is 19.2. The van der Waals surface area contributed by atoms with Crippen LogP contribution in [0.3, 0.4) is 0 Å². The predicted octanol–water partition coefficient (Wildman–Crippen LogP) is 5.09. The van der Waals surface area contributed by atoms with Crippen LogP contribution in [0.25, 0.3) is 6.08 Å². The van der Waals surface area contributed by atoms with Gasteiger partial charge >= 0.3 is 6.18 Å². The van der Waals surface area contributed by atoms with Crippen molar-refractivity contribution in [2.24, 2.45) is 5.92 Å². The molecule has 0 spiro atoms. The summed E-state index contributed by atoms with van der Waals surface area (Å²) >= 11 is 0. The molecule has 2 N–H and O–H groups in total. The lowest BCUT2D eigenvalue weighted by molar-refractivity contribution is -0.141. The lowest BCUT2D eigenvalue weighted by atomic mass is 9.98. The van der Waals surface area contributed by atoms with Crippen LogP contribution in [0.15, 0.2) is 36.4 Å². The Bertz CT molecular complexity index is 1160. The first-order valence-corrected chi connectivity index (χ1v) is 12.4. The van der Waals surface area contributed by atoms with Gasteiger partial charge in [-0.25, -0.2) is 17.8 Å². The van der Waals surface area contributed by atoms with Crippen LogP contribution in [-0.2, 0) is 27.4 Å². The number of aromatic nitrogens is 1. The highest BCUT2D eigenvalue weighted by Gasteiger charge is 2.33. The number of amides is 1. The molecule has 0 aliphatic carbocycles. The maximum Gasteiger partial charge on any atom is 0.433 e. The Morgan fingerprint density at radius 3 is 2.41 bits per heavy atom. The largest absolute Gasteiger partial charge is 0.433 e. The molecule has 1 amide bonds. The second-order valence-corrected chi connectivity index (χ2v) is 9.87. The second kappa shape index (κ2) is 11.0. The molecule has 1 aromatic heterocycles. The fourth-order valence-electron chi connectivity index (χ4n) is 3.05. The van der Waals surface area contributed by atoms with Crippen LogP contribution in [0.5, 0.6) is 0 Å². The van der Waals surface area contributed by atoms with Crippen LogP contribution in [0.4, 0.5) is 23.2 Å². The minimum atomic E-state index is -4.57. The van der Waals surface area contributed by atoms with Crippen LogP contribution >= 0.6 is 0 Å². The number of hydrogen-bond donors (Lipinski definition) is 2. The molecule has 186 valence electrons. The Hall–Kier alpha value is -2.95. The van der Waals surface area contributed by atoms with E-state index >= 15 is 0 Å². The topological polar surface area (TPSA) is 88.2 Å². The first-order valence-electron chi connectivity index (χ1n) is 10.5. The molecule has 0 saturated carbocycles. The third kappa shape index (κ3) is 8.12. The van der Waals surface area contributed by atoms with Gasteiger partial charge < -0.3 is 5.32 Å². The zero-order chi connectivity index (χ0) is 25.7. The van der Waals surface area contributed by atoms with Crippen molar-refractivity contribution in [3.63, 3.8) is 0 Å². The Balaban J connectivity index is 2.17. The van der Waals surface area contributed by atoms with Gasteiger partial charge in [0.15, 0.2) is 0 Å². The molecule has 1 heterocycles. The molecular formula is C23H27F4N3O3S. The number of hydrogen-bond acceptors (Lipinski definition) is 4. The van der Waals surface area contributed by atoms with Crippen molar-refractivity contribution in [1.29, 1.82) is 0 Å². The number of rotatable bonds is 9. The summed E-state index contributed by atoms with van der Waals surface area (Å²) in [6.45, 7) is 5.44. The number of sulfonamides is 1. The predicted molar refractivity (Wildman–Crippen MR) is 123 cm³/mol. The molecule has 0 saturated heterocycles. The highest BCUT2D eigenvalue weighted by atomic mass is 32.2. The van der Waals surface area contributed by atoms with Crippen LogP contribution in [0, 0.1) is 11.7 Å². The molecule has 0 aliphatic heterocycles. The van der Waals surface area contributed by atoms with E-state index in [9.17, 15) is 30.8 Å². The SMILES string of the molecule is CCC(C)Cc1nc(C(F)(F)F)ccc1/C=C\C(=O)NC(C)c1ccc(NS(C)(=O)=O)c(F)c1. The maximum atomic E-state index is 14.2. The highest BCUT2D eigenvalue weighted by molar-refractivity contribution is 7.92. The molecular weight excluding hydrogens is 474 g/mol. The highest BCUT2D eigenvalue weighted by Crippen LogP contribution is 2.29. The molecule has 0 bridgehead atoms. The third-order valence-corrected chi connectivity index (χ3v) is 5.69. The molecule has 11 heteroatoms. The molecule has 2 aromatic rings. The maximum absolute atomic E-state index is 14.2. The summed E-state index contributed by atoms with van der Waals surface area (Å²) < 4.78 is 78.0. The van der Waals surface area contributed by atoms with Gasteiger partial charge in [-0.05, 0) is 54.7 Å². The first-order chi connectivity index (χ1) is 15.7. The molecule has 1 aromatic carbocycles. The molecule has 6 nitrogen and oxygen atoms in total. The number of pyridine rings is 1. The fourth-order valence-corrected chi connectivity index (χ4v) is 3.62. The van der Waals surface area contributed by atoms with Gasteiger partial charge in [-0.15, -0.1) is 0 Å². The van der Waals surface area contributed by atoms with E-state index in [1.54, 1.807) is 6.92 Å². The molecule has 34 heavy (non-hydrogen) atoms. The van der Waals surface area contributed by atoms with Gasteiger partial charge in [-0.1, -0.05) is 32.4 Å². The number of benzene rings is 1. The monoisotopic (exact) mass is 501 g/mol. The number of nitrogens with zero attached hydrogens (tertiary/aromatic N) is 1. The van der Waals surface area contributed by atoms with Crippen LogP contribution in [0.2, 0.25) is 0 Å². The van der Waals surface area contributed by atoms with E-state index in [1.807, 2.05) is 13.8 Å². The first kappa shape index (κ1) is 27.3. The number of carbonyl (C=O) groups excluding carboxylic acids is 1. The Morgan fingerprint density at radius 2 is 1.85 bits per heavy atom. The van der Waals surface area contributed by atoms with Gasteiger partial charge in [0.25, 0.3) is 0 Å². The van der Waals surface area contributed by atoms with Crippen molar-refractivity contribution in [3.05, 3.63) is 64.7 Å². The van der Waals surface area contributed by atoms with Crippen molar-refractivity contribution in [2.75, 3.05) is 11.0 Å². The van der Waals surface area contributed by atoms with Crippen molar-refractivity contribution >= 4 is 27.7 Å². The van der Waals surface area contributed by atoms with Gasteiger partial charge in [-0.3, -0.25) is 9.52 Å². The zero-order valence-corrected chi connectivity index (χ0v) is 20.0. The van der Waals surface area contributed by atoms with E-state index in [-0.39, 0.29) is 17.3 Å². The van der Waals surface area contributed by atoms with E-state index in [4.69, 9.17) is 0 Å². The summed E-state index contributed by atoms with van der Waals surface area (Å²) in [5, 5.41) is 2.64. The Kier molecular flexibility index (Phi) is 8.82. The van der Waals surface area contributed by atoms with Gasteiger partial charge in [0.05, 0.1) is 18.0 Å². The quantitative estimate of drug-likeness (QED) is 0.370. The van der Waals surface area contributed by atoms with E-state index in [0.29, 0.717) is 17.5 Å². The summed E-state index contributed by atoms with van der Waals surface area (Å²) in [6, 6.07) is 5.35. The van der Waals surface area contributed by atoms with Crippen LogP contribution in [-0.4, -0.2) is 25.6 Å². The van der Waals surface area contributed by atoms with E-state index in [2.05, 4.69) is 15.0 Å². The molecule has 0 aliphatic rings. The van der Waals surface area contributed by atoms with Crippen LogP contribution < -0.4 is 10.0 Å². The van der Waals surface area contributed by atoms with E-state index < -0.39 is 39.7 Å². The van der Waals surface area contributed by atoms with E-state index in [0.717, 1.165) is 24.8 Å². The van der Waals surface area contributed by atoms with Gasteiger partial charge in [0, 0.05) is 11.8 Å². The molecule has 2 rings (SSSR count). The average Bonchev–Trinajstić information content (AvgIpc) is 2.72. The standard InChI is InChI=1S/C23H27F4N3O3S/c1-5-14(2)12-20-16(7-10-21(29-20)23(25,26)27)8-11-22(31)28-15(3)17-6-9-19(18(24)13-17)30-34(4,32)33/h6-11,13-15,30H,5,12H2,1-4H3,(H,28,31)/b11-8-. The fraction of sp³-hybridized carbons (Fsp3) is 0.391. The van der Waals surface area contributed by atoms with Crippen LogP contribution in [0.1, 0.15) is 55.7 Å². The third-order valence-electron chi connectivity index (χ3n) is 5.10. The van der Waals surface area contributed by atoms with Crippen molar-refractivity contribution in [2.45, 2.75) is 45.8 Å². The molecule has 0 fully saturated rings. The number of anilines is 1. The lowest BCUT2D eigenvalue weighted by Gasteiger charge is -2.15. The van der Waals surface area contributed by atoms with Gasteiger partial charge in [0.1, 0.15) is 11.5 Å². The van der Waals surface area contributed by atoms with E-state index in [1.165, 1.54) is 30.4 Å². The van der Waals surface area contributed by atoms with Gasteiger partial charge in [-0.2, -0.15) is 13.2 Å². The minimum Gasteiger partial charge on any atom is -0.346 e. The molecule has 2 atom stereocenters. The summed E-state index contributed by atoms with van der Waals surface area (Å²) in [7, 11) is -3.65. The summed E-state index contributed by atoms with van der Waals surface area (Å²) in [6.07, 6.45) is -0.0141. The summed E-state index contributed by atoms with van der Waals surface area (Å²) in [4.78, 5) is 16.1. The summed E-state index contributed by atoms with van der Waals surface area (Å²) in [5.41, 5.74) is -0.159. The normalized spacial score (nSPS) is 14.1. The molecule has 0 radical (unpaired) electrons. The number of alkyl halides is 3. The minimum absolute atomic E-state index is 0.104. The van der Waals surface area contributed by atoms with Gasteiger partial charge in [0.2, 0.25) is 15.9 Å². The Labute approximate surface area is 196 Å². The Morgan fingerprint density at radius 1 is 1.18 bits per heavy atom. The summed E-state index contributed by atoms with van der Waals surface area (Å²) in [5.74, 6) is -1.24. The average molecular weight is 502 g/mol.